The molecule has 0 radical (unpaired) electrons. The SMILES string of the molecule is [C-]#[N+]c1ccc(-c2cc(-c3ccc(C#N)cc3)cc(-n3c4ccccc4c4c5c6ccccc6n(-c6cc(-c7ccc(C#N)cc7)cc(-c7ccc(C#N)cc7)c6)c5ccc43)c2)cc1. The first-order chi connectivity index (χ1) is 31.5. The lowest BCUT2D eigenvalue weighted by Crippen LogP contribution is -1.97. The fourth-order valence-corrected chi connectivity index (χ4v) is 9.16. The quantitative estimate of drug-likeness (QED) is 0.157. The van der Waals surface area contributed by atoms with E-state index in [1.807, 2.05) is 97.1 Å². The maximum absolute atomic E-state index is 9.57. The highest BCUT2D eigenvalue weighted by Crippen LogP contribution is 2.44. The molecular weight excluding hydrogens is 781 g/mol. The third kappa shape index (κ3) is 6.24. The van der Waals surface area contributed by atoms with Crippen LogP contribution in [0.25, 0.3) is 104 Å². The minimum atomic E-state index is 0.587. The van der Waals surface area contributed by atoms with Crippen LogP contribution in [0, 0.1) is 40.6 Å². The second-order valence-electron chi connectivity index (χ2n) is 15.8. The van der Waals surface area contributed by atoms with Crippen molar-refractivity contribution in [3.05, 3.63) is 222 Å². The second-order valence-corrected chi connectivity index (χ2v) is 15.8. The molecule has 64 heavy (non-hydrogen) atoms. The number of nitriles is 3. The third-order valence-corrected chi connectivity index (χ3v) is 12.2. The van der Waals surface area contributed by atoms with Crippen LogP contribution in [0.15, 0.2) is 194 Å². The molecule has 11 aromatic rings. The van der Waals surface area contributed by atoms with Crippen LogP contribution in [-0.2, 0) is 0 Å². The molecule has 0 saturated carbocycles. The number of hydrogen-bond acceptors (Lipinski definition) is 3. The van der Waals surface area contributed by atoms with E-state index in [0.717, 1.165) is 99.5 Å². The molecule has 0 spiro atoms. The maximum Gasteiger partial charge on any atom is 0.187 e. The van der Waals surface area contributed by atoms with Crippen LogP contribution in [0.1, 0.15) is 16.7 Å². The summed E-state index contributed by atoms with van der Waals surface area (Å²) in [5, 5.41) is 33.2. The molecule has 294 valence electrons. The average molecular weight is 813 g/mol. The highest BCUT2D eigenvalue weighted by molar-refractivity contribution is 6.29. The molecule has 6 nitrogen and oxygen atoms in total. The van der Waals surface area contributed by atoms with Gasteiger partial charge in [0, 0.05) is 32.9 Å². The van der Waals surface area contributed by atoms with Crippen molar-refractivity contribution in [1.29, 1.82) is 15.8 Å². The van der Waals surface area contributed by atoms with Gasteiger partial charge < -0.3 is 9.13 Å². The van der Waals surface area contributed by atoms with Gasteiger partial charge in [-0.15, -0.1) is 0 Å². The monoisotopic (exact) mass is 812 g/mol. The van der Waals surface area contributed by atoms with Gasteiger partial charge in [-0.05, 0) is 142 Å². The molecule has 2 heterocycles. The van der Waals surface area contributed by atoms with Gasteiger partial charge in [-0.2, -0.15) is 15.8 Å². The third-order valence-electron chi connectivity index (χ3n) is 12.2. The number of aromatic nitrogens is 2. The van der Waals surface area contributed by atoms with Crippen LogP contribution in [0.4, 0.5) is 5.69 Å². The molecule has 0 aliphatic carbocycles. The second kappa shape index (κ2) is 15.2. The van der Waals surface area contributed by atoms with E-state index in [-0.39, 0.29) is 0 Å². The smallest absolute Gasteiger partial charge is 0.187 e. The fourth-order valence-electron chi connectivity index (χ4n) is 9.16. The Balaban J connectivity index is 1.18. The molecule has 6 heteroatoms. The van der Waals surface area contributed by atoms with Crippen LogP contribution in [0.2, 0.25) is 0 Å². The predicted molar refractivity (Wildman–Crippen MR) is 257 cm³/mol. The van der Waals surface area contributed by atoms with E-state index < -0.39 is 0 Å². The van der Waals surface area contributed by atoms with Crippen molar-refractivity contribution >= 4 is 49.3 Å². The van der Waals surface area contributed by atoms with Crippen molar-refractivity contribution in [2.75, 3.05) is 0 Å². The molecule has 2 aromatic heterocycles. The lowest BCUT2D eigenvalue weighted by molar-refractivity contribution is 1.17. The summed E-state index contributed by atoms with van der Waals surface area (Å²) < 4.78 is 4.71. The Bertz CT molecular complexity index is 3430. The first-order valence-electron chi connectivity index (χ1n) is 20.8. The molecular formula is C58H32N6. The number of fused-ring (bicyclic) bond motifs is 7. The van der Waals surface area contributed by atoms with E-state index >= 15 is 0 Å². The van der Waals surface area contributed by atoms with Crippen LogP contribution < -0.4 is 0 Å². The van der Waals surface area contributed by atoms with Crippen molar-refractivity contribution in [1.82, 2.24) is 9.13 Å². The van der Waals surface area contributed by atoms with Gasteiger partial charge in [0.1, 0.15) is 0 Å². The van der Waals surface area contributed by atoms with E-state index in [1.54, 1.807) is 0 Å². The molecule has 0 aliphatic heterocycles. The first kappa shape index (κ1) is 37.5. The molecule has 0 saturated heterocycles. The highest BCUT2D eigenvalue weighted by atomic mass is 15.0. The van der Waals surface area contributed by atoms with Gasteiger partial charge in [-0.25, -0.2) is 4.85 Å². The molecule has 0 amide bonds. The van der Waals surface area contributed by atoms with E-state index in [0.29, 0.717) is 22.4 Å². The Labute approximate surface area is 369 Å². The highest BCUT2D eigenvalue weighted by Gasteiger charge is 2.22. The molecule has 11 rings (SSSR count). The van der Waals surface area contributed by atoms with Crippen LogP contribution in [0.5, 0.6) is 0 Å². The molecule has 0 N–H and O–H groups in total. The van der Waals surface area contributed by atoms with Gasteiger partial charge in [-0.3, -0.25) is 0 Å². The number of benzene rings is 9. The number of hydrogen-bond donors (Lipinski definition) is 0. The Morgan fingerprint density at radius 1 is 0.344 bits per heavy atom. The Hall–Kier alpha value is -9.46. The molecule has 0 unspecified atom stereocenters. The molecule has 0 bridgehead atoms. The van der Waals surface area contributed by atoms with Gasteiger partial charge in [-0.1, -0.05) is 97.1 Å². The summed E-state index contributed by atoms with van der Waals surface area (Å²) in [6.45, 7) is 7.53. The first-order valence-corrected chi connectivity index (χ1v) is 20.8. The average Bonchev–Trinajstić information content (AvgIpc) is 3.89. The lowest BCUT2D eigenvalue weighted by atomic mass is 9.97. The summed E-state index contributed by atoms with van der Waals surface area (Å²) in [6, 6.07) is 72.4. The van der Waals surface area contributed by atoms with Gasteiger partial charge in [0.15, 0.2) is 5.69 Å². The van der Waals surface area contributed by atoms with Crippen LogP contribution >= 0.6 is 0 Å². The van der Waals surface area contributed by atoms with Gasteiger partial charge in [0.05, 0.1) is 63.5 Å². The topological polar surface area (TPSA) is 85.6 Å². The predicted octanol–water partition coefficient (Wildman–Crippen LogP) is 14.7. The molecule has 9 aromatic carbocycles. The van der Waals surface area contributed by atoms with E-state index in [2.05, 4.69) is 129 Å². The standard InChI is InChI=1S/C58H32N6/c1-62-48-24-22-43(23-25-48)47-29-46(42-20-14-39(36-61)15-21-42)32-50(33-47)64-54-9-5-3-7-52(54)58-56(64)27-26-55-57(58)51-6-2-4-8-53(51)63(55)49-30-44(40-16-10-37(34-59)11-17-40)28-45(31-49)41-18-12-38(35-60)13-19-41/h2-33H. The van der Waals surface area contributed by atoms with Crippen LogP contribution in [0.3, 0.4) is 0 Å². The lowest BCUT2D eigenvalue weighted by Gasteiger charge is -2.15. The zero-order chi connectivity index (χ0) is 43.3. The number of para-hydroxylation sites is 2. The largest absolute Gasteiger partial charge is 0.309 e. The van der Waals surface area contributed by atoms with Crippen molar-refractivity contribution in [2.24, 2.45) is 0 Å². The van der Waals surface area contributed by atoms with Gasteiger partial charge in [0.2, 0.25) is 0 Å². The minimum Gasteiger partial charge on any atom is -0.309 e. The molecule has 0 aliphatic rings. The van der Waals surface area contributed by atoms with Crippen molar-refractivity contribution < 1.29 is 0 Å². The summed E-state index contributed by atoms with van der Waals surface area (Å²) in [6.07, 6.45) is 0. The Morgan fingerprint density at radius 2 is 0.672 bits per heavy atom. The zero-order valence-corrected chi connectivity index (χ0v) is 34.2. The van der Waals surface area contributed by atoms with Crippen molar-refractivity contribution in [3.8, 4) is 74.1 Å². The normalized spacial score (nSPS) is 11.1. The Kier molecular flexibility index (Phi) is 8.93. The van der Waals surface area contributed by atoms with E-state index in [1.165, 1.54) is 0 Å². The fraction of sp³-hybridized carbons (Fsp3) is 0. The van der Waals surface area contributed by atoms with Gasteiger partial charge >= 0.3 is 0 Å². The summed E-state index contributed by atoms with van der Waals surface area (Å²) in [7, 11) is 0. The summed E-state index contributed by atoms with van der Waals surface area (Å²) in [5.41, 5.74) is 16.6. The van der Waals surface area contributed by atoms with E-state index in [4.69, 9.17) is 6.57 Å². The molecule has 0 fully saturated rings. The van der Waals surface area contributed by atoms with Crippen molar-refractivity contribution in [3.63, 3.8) is 0 Å². The Morgan fingerprint density at radius 3 is 1.00 bits per heavy atom. The number of nitrogens with zero attached hydrogens (tertiary/aromatic N) is 6. The summed E-state index contributed by atoms with van der Waals surface area (Å²) >= 11 is 0. The van der Waals surface area contributed by atoms with Gasteiger partial charge in [0.25, 0.3) is 0 Å². The molecule has 0 atom stereocenters. The van der Waals surface area contributed by atoms with Crippen molar-refractivity contribution in [2.45, 2.75) is 0 Å². The zero-order valence-electron chi connectivity index (χ0n) is 34.2. The number of rotatable bonds is 6. The van der Waals surface area contributed by atoms with E-state index in [9.17, 15) is 15.8 Å². The van der Waals surface area contributed by atoms with Crippen LogP contribution in [-0.4, -0.2) is 9.13 Å². The summed E-state index contributed by atoms with van der Waals surface area (Å²) in [5.74, 6) is 0. The summed E-state index contributed by atoms with van der Waals surface area (Å²) in [4.78, 5) is 3.63. The minimum absolute atomic E-state index is 0.587. The maximum atomic E-state index is 9.57.